The van der Waals surface area contributed by atoms with E-state index in [0.717, 1.165) is 25.4 Å². The predicted molar refractivity (Wildman–Crippen MR) is 84.0 cm³/mol. The molecule has 1 aromatic heterocycles. The zero-order valence-electron chi connectivity index (χ0n) is 13.0. The van der Waals surface area contributed by atoms with Gasteiger partial charge in [-0.05, 0) is 50.9 Å². The predicted octanol–water partition coefficient (Wildman–Crippen LogP) is 1.81. The molecule has 2 atom stereocenters. The molecular formula is C17H25N3O2. The molecule has 5 heteroatoms. The molecule has 1 aliphatic carbocycles. The van der Waals surface area contributed by atoms with Crippen molar-refractivity contribution in [3.8, 4) is 0 Å². The number of likely N-dealkylation sites (tertiary alicyclic amines) is 1. The first-order chi connectivity index (χ1) is 10.8. The van der Waals surface area contributed by atoms with Gasteiger partial charge in [-0.15, -0.1) is 0 Å². The highest BCUT2D eigenvalue weighted by Gasteiger charge is 2.35. The Balaban J connectivity index is 1.42. The van der Waals surface area contributed by atoms with Crippen LogP contribution in [0.3, 0.4) is 0 Å². The van der Waals surface area contributed by atoms with Gasteiger partial charge in [0.1, 0.15) is 5.69 Å². The molecule has 0 bridgehead atoms. The molecule has 1 N–H and O–H groups in total. The van der Waals surface area contributed by atoms with Gasteiger partial charge in [-0.3, -0.25) is 9.69 Å². The Morgan fingerprint density at radius 2 is 2.00 bits per heavy atom. The zero-order valence-corrected chi connectivity index (χ0v) is 13.0. The molecule has 3 aliphatic rings. The standard InChI is InChI=1S/C17H25N3O2/c21-17(15-5-4-10-20(15)13-6-7-13)18-14-11-22-12-16(14)19-8-2-1-3-9-19/h4-5,10,13-14,16H,1-3,6-9,11-12H2,(H,18,21)/t14-,16-/m0/s1. The molecule has 0 radical (unpaired) electrons. The minimum atomic E-state index is 0.0504. The Bertz CT molecular complexity index is 532. The van der Waals surface area contributed by atoms with E-state index >= 15 is 0 Å². The summed E-state index contributed by atoms with van der Waals surface area (Å²) in [6.45, 7) is 3.66. The maximum absolute atomic E-state index is 12.6. The number of carbonyl (C=O) groups is 1. The molecule has 3 heterocycles. The molecule has 5 nitrogen and oxygen atoms in total. The first-order valence-corrected chi connectivity index (χ1v) is 8.62. The molecule has 4 rings (SSSR count). The number of nitrogens with zero attached hydrogens (tertiary/aromatic N) is 2. The summed E-state index contributed by atoms with van der Waals surface area (Å²) in [6, 6.07) is 4.90. The number of piperidine rings is 1. The van der Waals surface area contributed by atoms with E-state index in [1.165, 1.54) is 32.1 Å². The van der Waals surface area contributed by atoms with E-state index < -0.39 is 0 Å². The van der Waals surface area contributed by atoms with Gasteiger partial charge in [-0.2, -0.15) is 0 Å². The average Bonchev–Trinajstić information content (AvgIpc) is 3.10. The zero-order chi connectivity index (χ0) is 14.9. The van der Waals surface area contributed by atoms with E-state index in [4.69, 9.17) is 4.74 Å². The summed E-state index contributed by atoms with van der Waals surface area (Å²) in [5, 5.41) is 3.23. The minimum Gasteiger partial charge on any atom is -0.378 e. The number of hydrogen-bond donors (Lipinski definition) is 1. The van der Waals surface area contributed by atoms with Crippen LogP contribution in [0.4, 0.5) is 0 Å². The van der Waals surface area contributed by atoms with Crippen LogP contribution in [0.15, 0.2) is 18.3 Å². The largest absolute Gasteiger partial charge is 0.378 e. The summed E-state index contributed by atoms with van der Waals surface area (Å²) in [5.41, 5.74) is 0.798. The van der Waals surface area contributed by atoms with Gasteiger partial charge in [0.2, 0.25) is 0 Å². The number of ether oxygens (including phenoxy) is 1. The van der Waals surface area contributed by atoms with Gasteiger partial charge in [0, 0.05) is 12.2 Å². The van der Waals surface area contributed by atoms with Crippen molar-refractivity contribution >= 4 is 5.91 Å². The second kappa shape index (κ2) is 6.05. The van der Waals surface area contributed by atoms with E-state index in [-0.39, 0.29) is 11.9 Å². The minimum absolute atomic E-state index is 0.0504. The number of amides is 1. The van der Waals surface area contributed by atoms with Crippen molar-refractivity contribution in [3.05, 3.63) is 24.0 Å². The fraction of sp³-hybridized carbons (Fsp3) is 0.706. The summed E-state index contributed by atoms with van der Waals surface area (Å²) in [6.07, 6.45) is 8.27. The fourth-order valence-electron chi connectivity index (χ4n) is 3.79. The Morgan fingerprint density at radius 1 is 1.18 bits per heavy atom. The van der Waals surface area contributed by atoms with Crippen LogP contribution in [-0.2, 0) is 4.74 Å². The van der Waals surface area contributed by atoms with E-state index in [1.807, 2.05) is 18.3 Å². The lowest BCUT2D eigenvalue weighted by Gasteiger charge is -2.34. The van der Waals surface area contributed by atoms with Crippen molar-refractivity contribution in [3.63, 3.8) is 0 Å². The third kappa shape index (κ3) is 2.79. The molecule has 22 heavy (non-hydrogen) atoms. The van der Waals surface area contributed by atoms with Crippen LogP contribution in [0.25, 0.3) is 0 Å². The number of hydrogen-bond acceptors (Lipinski definition) is 3. The van der Waals surface area contributed by atoms with Crippen molar-refractivity contribution in [2.75, 3.05) is 26.3 Å². The fourth-order valence-corrected chi connectivity index (χ4v) is 3.79. The van der Waals surface area contributed by atoms with Gasteiger partial charge >= 0.3 is 0 Å². The summed E-state index contributed by atoms with van der Waals surface area (Å²) < 4.78 is 7.79. The van der Waals surface area contributed by atoms with Gasteiger partial charge in [0.25, 0.3) is 5.91 Å². The van der Waals surface area contributed by atoms with Crippen molar-refractivity contribution < 1.29 is 9.53 Å². The maximum Gasteiger partial charge on any atom is 0.268 e. The lowest BCUT2D eigenvalue weighted by atomic mass is 10.0. The molecule has 1 saturated carbocycles. The first-order valence-electron chi connectivity index (χ1n) is 8.62. The SMILES string of the molecule is O=C(N[C@H]1COC[C@@H]1N1CCCCC1)c1cccn1C1CC1. The molecule has 1 amide bonds. The smallest absolute Gasteiger partial charge is 0.268 e. The first kappa shape index (κ1) is 14.3. The third-order valence-corrected chi connectivity index (χ3v) is 5.18. The van der Waals surface area contributed by atoms with Crippen molar-refractivity contribution in [1.29, 1.82) is 0 Å². The third-order valence-electron chi connectivity index (χ3n) is 5.18. The van der Waals surface area contributed by atoms with Crippen molar-refractivity contribution in [2.24, 2.45) is 0 Å². The normalized spacial score (nSPS) is 29.6. The quantitative estimate of drug-likeness (QED) is 0.923. The van der Waals surface area contributed by atoms with Crippen LogP contribution in [0.1, 0.15) is 48.6 Å². The van der Waals surface area contributed by atoms with Gasteiger partial charge in [-0.25, -0.2) is 0 Å². The highest BCUT2D eigenvalue weighted by molar-refractivity contribution is 5.93. The van der Waals surface area contributed by atoms with Crippen LogP contribution in [0.5, 0.6) is 0 Å². The average molecular weight is 303 g/mol. The van der Waals surface area contributed by atoms with Crippen molar-refractivity contribution in [2.45, 2.75) is 50.2 Å². The molecule has 0 spiro atoms. The molecule has 120 valence electrons. The lowest BCUT2D eigenvalue weighted by molar-refractivity contribution is 0.0890. The summed E-state index contributed by atoms with van der Waals surface area (Å²) in [5.74, 6) is 0.0504. The van der Waals surface area contributed by atoms with Crippen LogP contribution in [0.2, 0.25) is 0 Å². The molecule has 0 aromatic carbocycles. The monoisotopic (exact) mass is 303 g/mol. The van der Waals surface area contributed by atoms with Crippen LogP contribution in [0, 0.1) is 0 Å². The maximum atomic E-state index is 12.6. The van der Waals surface area contributed by atoms with Crippen LogP contribution in [-0.4, -0.2) is 53.8 Å². The summed E-state index contributed by atoms with van der Waals surface area (Å²) >= 11 is 0. The van der Waals surface area contributed by atoms with E-state index in [2.05, 4.69) is 14.8 Å². The van der Waals surface area contributed by atoms with E-state index in [0.29, 0.717) is 18.7 Å². The number of carbonyl (C=O) groups excluding carboxylic acids is 1. The Labute approximate surface area is 131 Å². The highest BCUT2D eigenvalue weighted by atomic mass is 16.5. The second-order valence-corrected chi connectivity index (χ2v) is 6.81. The van der Waals surface area contributed by atoms with Gasteiger partial charge in [0.05, 0.1) is 25.3 Å². The van der Waals surface area contributed by atoms with E-state index in [1.54, 1.807) is 0 Å². The summed E-state index contributed by atoms with van der Waals surface area (Å²) in [4.78, 5) is 15.1. The molecule has 2 aliphatic heterocycles. The van der Waals surface area contributed by atoms with Crippen LogP contribution < -0.4 is 5.32 Å². The molecule has 0 unspecified atom stereocenters. The molecule has 1 aromatic rings. The number of nitrogens with one attached hydrogen (secondary N) is 1. The lowest BCUT2D eigenvalue weighted by Crippen LogP contribution is -2.52. The van der Waals surface area contributed by atoms with Gasteiger partial charge in [-0.1, -0.05) is 6.42 Å². The highest BCUT2D eigenvalue weighted by Crippen LogP contribution is 2.36. The Morgan fingerprint density at radius 3 is 2.77 bits per heavy atom. The molecular weight excluding hydrogens is 278 g/mol. The number of rotatable bonds is 4. The van der Waals surface area contributed by atoms with Gasteiger partial charge in [0.15, 0.2) is 0 Å². The van der Waals surface area contributed by atoms with Crippen LogP contribution >= 0.6 is 0 Å². The Hall–Kier alpha value is -1.33. The topological polar surface area (TPSA) is 46.5 Å². The second-order valence-electron chi connectivity index (χ2n) is 6.81. The summed E-state index contributed by atoms with van der Waals surface area (Å²) in [7, 11) is 0. The molecule has 2 saturated heterocycles. The Kier molecular flexibility index (Phi) is 3.92. The van der Waals surface area contributed by atoms with E-state index in [9.17, 15) is 4.79 Å². The number of aromatic nitrogens is 1. The molecule has 3 fully saturated rings. The van der Waals surface area contributed by atoms with Crippen molar-refractivity contribution in [1.82, 2.24) is 14.8 Å². The van der Waals surface area contributed by atoms with Gasteiger partial charge < -0.3 is 14.6 Å².